The number of unbranched alkanes of at least 4 members (excludes halogenated alkanes) is 1. The zero-order valence-corrected chi connectivity index (χ0v) is 28.2. The molecule has 0 radical (unpaired) electrons. The maximum absolute atomic E-state index is 13.4. The van der Waals surface area contributed by atoms with E-state index in [4.69, 9.17) is 10.7 Å². The van der Waals surface area contributed by atoms with E-state index in [1.165, 1.54) is 0 Å². The summed E-state index contributed by atoms with van der Waals surface area (Å²) in [5, 5.41) is 18.0. The third kappa shape index (κ3) is 6.46. The van der Waals surface area contributed by atoms with Crippen molar-refractivity contribution in [1.29, 1.82) is 0 Å². The first-order valence-electron chi connectivity index (χ1n) is 16.3. The highest BCUT2D eigenvalue weighted by Crippen LogP contribution is 2.28. The van der Waals surface area contributed by atoms with Gasteiger partial charge in [0, 0.05) is 38.8 Å². The number of imidazole rings is 2. The van der Waals surface area contributed by atoms with Gasteiger partial charge in [0.25, 0.3) is 11.8 Å². The van der Waals surface area contributed by atoms with E-state index in [2.05, 4.69) is 31.1 Å². The summed E-state index contributed by atoms with van der Waals surface area (Å²) < 4.78 is 7.26. The molecular formula is C34H40N12O3. The number of anilines is 3. The molecule has 0 aliphatic rings. The fraction of sp³-hybridized carbons (Fsp3) is 0.324. The van der Waals surface area contributed by atoms with E-state index < -0.39 is 5.91 Å². The Labute approximate surface area is 282 Å². The summed E-state index contributed by atoms with van der Waals surface area (Å²) in [7, 11) is 1.84. The highest BCUT2D eigenvalue weighted by atomic mass is 16.2. The maximum Gasteiger partial charge on any atom is 0.276 e. The van der Waals surface area contributed by atoms with Gasteiger partial charge in [-0.15, -0.1) is 0 Å². The van der Waals surface area contributed by atoms with Crippen LogP contribution in [-0.2, 0) is 26.2 Å². The van der Waals surface area contributed by atoms with Crippen LogP contribution in [0.2, 0.25) is 0 Å². The molecule has 0 saturated heterocycles. The van der Waals surface area contributed by atoms with Crippen molar-refractivity contribution in [3.8, 4) is 0 Å². The molecule has 0 spiro atoms. The molecule has 254 valence electrons. The summed E-state index contributed by atoms with van der Waals surface area (Å²) in [6.45, 7) is 9.73. The molecule has 0 saturated carbocycles. The molecule has 4 aromatic heterocycles. The Kier molecular flexibility index (Phi) is 9.16. The summed E-state index contributed by atoms with van der Waals surface area (Å²) in [6.07, 6.45) is 1.40. The first-order chi connectivity index (χ1) is 23.6. The van der Waals surface area contributed by atoms with E-state index in [9.17, 15) is 14.4 Å². The quantitative estimate of drug-likeness (QED) is 0.129. The second kappa shape index (κ2) is 13.6. The van der Waals surface area contributed by atoms with Gasteiger partial charge in [-0.05, 0) is 83.0 Å². The summed E-state index contributed by atoms with van der Waals surface area (Å²) in [5.41, 5.74) is 12.0. The van der Waals surface area contributed by atoms with Crippen LogP contribution >= 0.6 is 0 Å². The molecule has 0 atom stereocenters. The van der Waals surface area contributed by atoms with E-state index >= 15 is 0 Å². The Bertz CT molecular complexity index is 2200. The van der Waals surface area contributed by atoms with Crippen LogP contribution in [0.5, 0.6) is 0 Å². The molecule has 0 fully saturated rings. The monoisotopic (exact) mass is 664 g/mol. The fourth-order valence-electron chi connectivity index (χ4n) is 6.08. The van der Waals surface area contributed by atoms with Crippen LogP contribution in [0.3, 0.4) is 0 Å². The molecule has 15 nitrogen and oxygen atoms in total. The van der Waals surface area contributed by atoms with Crippen molar-refractivity contribution in [1.82, 2.24) is 38.7 Å². The third-order valence-corrected chi connectivity index (χ3v) is 8.41. The lowest BCUT2D eigenvalue weighted by Crippen LogP contribution is -2.20. The van der Waals surface area contributed by atoms with E-state index in [0.29, 0.717) is 73.4 Å². The molecule has 6 aromatic rings. The lowest BCUT2D eigenvalue weighted by atomic mass is 10.2. The zero-order valence-electron chi connectivity index (χ0n) is 28.2. The minimum Gasteiger partial charge on any atom is -0.386 e. The lowest BCUT2D eigenvalue weighted by Gasteiger charge is -2.13. The molecule has 5 N–H and O–H groups in total. The van der Waals surface area contributed by atoms with Gasteiger partial charge in [0.15, 0.2) is 0 Å². The van der Waals surface area contributed by atoms with E-state index in [-0.39, 0.29) is 11.8 Å². The van der Waals surface area contributed by atoms with Gasteiger partial charge in [-0.25, -0.2) is 9.97 Å². The predicted octanol–water partition coefficient (Wildman–Crippen LogP) is 4.56. The molecule has 2 aromatic carbocycles. The number of rotatable bonds is 13. The van der Waals surface area contributed by atoms with Crippen molar-refractivity contribution in [3.63, 3.8) is 0 Å². The molecule has 3 amide bonds. The molecule has 15 heteroatoms. The van der Waals surface area contributed by atoms with Crippen molar-refractivity contribution in [2.75, 3.05) is 23.0 Å². The van der Waals surface area contributed by atoms with Crippen LogP contribution in [0.1, 0.15) is 69.4 Å². The maximum atomic E-state index is 13.4. The predicted molar refractivity (Wildman–Crippen MR) is 188 cm³/mol. The topological polar surface area (TPSA) is 185 Å². The normalized spacial score (nSPS) is 11.4. The van der Waals surface area contributed by atoms with Crippen molar-refractivity contribution in [3.05, 3.63) is 76.9 Å². The van der Waals surface area contributed by atoms with Gasteiger partial charge in [-0.3, -0.25) is 34.4 Å². The molecule has 49 heavy (non-hydrogen) atoms. The van der Waals surface area contributed by atoms with Crippen LogP contribution in [0.15, 0.2) is 48.5 Å². The number of hydrogen-bond acceptors (Lipinski definition) is 8. The molecular weight excluding hydrogens is 624 g/mol. The van der Waals surface area contributed by atoms with Crippen LogP contribution in [0.4, 0.5) is 17.6 Å². The molecule has 0 aliphatic heterocycles. The van der Waals surface area contributed by atoms with Crippen LogP contribution in [0, 0.1) is 13.8 Å². The van der Waals surface area contributed by atoms with Gasteiger partial charge in [0.2, 0.25) is 17.8 Å². The number of nitrogens with two attached hydrogens (primary N) is 1. The minimum atomic E-state index is -0.560. The number of benzene rings is 2. The van der Waals surface area contributed by atoms with Crippen molar-refractivity contribution >= 4 is 57.4 Å². The number of carbonyl (C=O) groups excluding carboxylic acids is 3. The number of amides is 3. The number of nitrogens with one attached hydrogen (secondary N) is 3. The van der Waals surface area contributed by atoms with E-state index in [1.54, 1.807) is 39.7 Å². The van der Waals surface area contributed by atoms with Gasteiger partial charge < -0.3 is 20.2 Å². The first-order valence-corrected chi connectivity index (χ1v) is 16.3. The Morgan fingerprint density at radius 1 is 0.755 bits per heavy atom. The van der Waals surface area contributed by atoms with Gasteiger partial charge in [-0.1, -0.05) is 6.07 Å². The average Bonchev–Trinajstić information content (AvgIpc) is 3.85. The number of aryl methyl sites for hydroxylation is 6. The summed E-state index contributed by atoms with van der Waals surface area (Å²) in [5.74, 6) is -0.391. The summed E-state index contributed by atoms with van der Waals surface area (Å²) >= 11 is 0. The SMILES string of the molecule is CCn1nc(C)cc1C(=O)Nc1nc2cc(C(N)=O)ccc2n1CCCCn1c(NC(=O)c2cc(C)nn2CC)nc2c(NC)cccc21. The molecule has 0 bridgehead atoms. The average molecular weight is 665 g/mol. The van der Waals surface area contributed by atoms with Crippen LogP contribution < -0.4 is 21.7 Å². The number of primary amides is 1. The second-order valence-electron chi connectivity index (χ2n) is 11.8. The summed E-state index contributed by atoms with van der Waals surface area (Å²) in [6, 6.07) is 14.4. The lowest BCUT2D eigenvalue weighted by molar-refractivity contribution is 0.0995. The van der Waals surface area contributed by atoms with Crippen molar-refractivity contribution in [2.45, 2.75) is 66.7 Å². The Hall–Kier alpha value is -5.99. The summed E-state index contributed by atoms with van der Waals surface area (Å²) in [4.78, 5) is 48.2. The fourth-order valence-corrected chi connectivity index (χ4v) is 6.08. The standard InChI is InChI=1S/C34H40N12O3/c1-6-45-27(17-20(3)41-45)31(48)39-33-37-24-19-22(30(35)47)13-14-25(24)43(33)15-8-9-16-44-26-12-10-11-23(36-5)29(26)38-34(44)40-32(49)28-18-21(4)42-46(28)7-2/h10-14,17-19,36H,6-9,15-16H2,1-5H3,(H2,35,47)(H,37,39,48)(H,38,40,49). The number of fused-ring (bicyclic) bond motifs is 2. The van der Waals surface area contributed by atoms with E-state index in [1.807, 2.05) is 62.1 Å². The van der Waals surface area contributed by atoms with E-state index in [0.717, 1.165) is 33.6 Å². The highest BCUT2D eigenvalue weighted by Gasteiger charge is 2.21. The Morgan fingerprint density at radius 2 is 1.33 bits per heavy atom. The smallest absolute Gasteiger partial charge is 0.276 e. The number of carbonyl (C=O) groups is 3. The number of hydrogen-bond donors (Lipinski definition) is 4. The van der Waals surface area contributed by atoms with Crippen molar-refractivity contribution < 1.29 is 14.4 Å². The van der Waals surface area contributed by atoms with Gasteiger partial charge >= 0.3 is 0 Å². The number of aromatic nitrogens is 8. The molecule has 4 heterocycles. The van der Waals surface area contributed by atoms with Gasteiger partial charge in [0.05, 0.1) is 33.6 Å². The zero-order chi connectivity index (χ0) is 34.8. The highest BCUT2D eigenvalue weighted by molar-refractivity contribution is 6.04. The van der Waals surface area contributed by atoms with Gasteiger partial charge in [0.1, 0.15) is 16.9 Å². The van der Waals surface area contributed by atoms with Crippen molar-refractivity contribution in [2.24, 2.45) is 5.73 Å². The number of nitrogens with zero attached hydrogens (tertiary/aromatic N) is 8. The third-order valence-electron chi connectivity index (χ3n) is 8.41. The van der Waals surface area contributed by atoms with Crippen LogP contribution in [0.25, 0.3) is 22.1 Å². The Balaban J connectivity index is 1.26. The molecule has 0 unspecified atom stereocenters. The molecule has 0 aliphatic carbocycles. The minimum absolute atomic E-state index is 0.287. The Morgan fingerprint density at radius 3 is 1.88 bits per heavy atom. The first kappa shape index (κ1) is 32.9. The second-order valence-corrected chi connectivity index (χ2v) is 11.8. The largest absolute Gasteiger partial charge is 0.386 e. The molecule has 6 rings (SSSR count). The number of para-hydroxylation sites is 1. The van der Waals surface area contributed by atoms with Gasteiger partial charge in [-0.2, -0.15) is 10.2 Å². The van der Waals surface area contributed by atoms with Crippen LogP contribution in [-0.4, -0.2) is 63.4 Å².